The minimum absolute atomic E-state index is 0.268. The second-order valence-electron chi connectivity index (χ2n) is 8.32. The Kier molecular flexibility index (Phi) is 7.42. The number of carbonyl (C=O) groups excluding carboxylic acids is 2. The van der Waals surface area contributed by atoms with Gasteiger partial charge in [-0.25, -0.2) is 0 Å². The lowest BCUT2D eigenvalue weighted by atomic mass is 10.0. The Morgan fingerprint density at radius 1 is 0.909 bits per heavy atom. The van der Waals surface area contributed by atoms with Crippen molar-refractivity contribution in [1.82, 2.24) is 9.80 Å². The molecule has 2 aromatic carbocycles. The van der Waals surface area contributed by atoms with E-state index in [1.807, 2.05) is 42.5 Å². The number of hydrogen-bond acceptors (Lipinski definition) is 6. The average Bonchev–Trinajstić information content (AvgIpc) is 3.09. The molecule has 0 saturated carbocycles. The molecule has 0 radical (unpaired) electrons. The van der Waals surface area contributed by atoms with Gasteiger partial charge < -0.3 is 19.9 Å². The van der Waals surface area contributed by atoms with Gasteiger partial charge in [-0.3, -0.25) is 14.5 Å². The van der Waals surface area contributed by atoms with Crippen molar-refractivity contribution in [3.63, 3.8) is 0 Å². The van der Waals surface area contributed by atoms with Crippen LogP contribution in [-0.2, 0) is 14.3 Å². The normalized spacial score (nSPS) is 17.3. The monoisotopic (exact) mass is 448 g/mol. The van der Waals surface area contributed by atoms with Gasteiger partial charge in [-0.05, 0) is 42.8 Å². The lowest BCUT2D eigenvalue weighted by molar-refractivity contribution is -0.136. The number of rotatable bonds is 9. The van der Waals surface area contributed by atoms with Crippen molar-refractivity contribution < 1.29 is 14.3 Å². The first-order valence-electron chi connectivity index (χ1n) is 11.6. The summed E-state index contributed by atoms with van der Waals surface area (Å²) in [4.78, 5) is 32.5. The molecule has 1 fully saturated rings. The fraction of sp³-hybridized carbons (Fsp3) is 0.385. The Balaban J connectivity index is 1.54. The Morgan fingerprint density at radius 2 is 1.61 bits per heavy atom. The molecule has 0 unspecified atom stereocenters. The van der Waals surface area contributed by atoms with E-state index >= 15 is 0 Å². The summed E-state index contributed by atoms with van der Waals surface area (Å²) >= 11 is 0. The van der Waals surface area contributed by atoms with Crippen LogP contribution in [0.1, 0.15) is 18.9 Å². The number of amides is 2. The molecule has 0 aromatic heterocycles. The van der Waals surface area contributed by atoms with Crippen LogP contribution < -0.4 is 10.2 Å². The second kappa shape index (κ2) is 10.6. The molecule has 7 heteroatoms. The summed E-state index contributed by atoms with van der Waals surface area (Å²) in [5, 5.41) is 3.25. The van der Waals surface area contributed by atoms with Crippen LogP contribution in [0, 0.1) is 0 Å². The molecule has 1 saturated heterocycles. The third kappa shape index (κ3) is 5.10. The average molecular weight is 449 g/mol. The maximum absolute atomic E-state index is 13.2. The number of anilines is 2. The molecule has 2 aliphatic heterocycles. The molecule has 0 bridgehead atoms. The SMILES string of the molecule is CCN1CCN(c2ccc(NC3=C(c4ccccc4)C(=O)N(CCCOC)C3=O)cc2)CC1. The van der Waals surface area contributed by atoms with Crippen LogP contribution in [0.4, 0.5) is 11.4 Å². The largest absolute Gasteiger partial charge is 0.385 e. The minimum atomic E-state index is -0.297. The lowest BCUT2D eigenvalue weighted by Gasteiger charge is -2.35. The fourth-order valence-electron chi connectivity index (χ4n) is 4.36. The molecule has 0 aliphatic carbocycles. The first kappa shape index (κ1) is 23.0. The van der Waals surface area contributed by atoms with Crippen molar-refractivity contribution in [3.8, 4) is 0 Å². The molecule has 33 heavy (non-hydrogen) atoms. The topological polar surface area (TPSA) is 65.1 Å². The number of likely N-dealkylation sites (N-methyl/N-ethyl adjacent to an activating group) is 1. The highest BCUT2D eigenvalue weighted by atomic mass is 16.5. The third-order valence-electron chi connectivity index (χ3n) is 6.28. The molecule has 2 aromatic rings. The van der Waals surface area contributed by atoms with Crippen molar-refractivity contribution in [3.05, 3.63) is 65.9 Å². The quantitative estimate of drug-likeness (QED) is 0.470. The van der Waals surface area contributed by atoms with E-state index in [1.54, 1.807) is 7.11 Å². The van der Waals surface area contributed by atoms with Gasteiger partial charge in [0.25, 0.3) is 11.8 Å². The Hall–Kier alpha value is -3.16. The summed E-state index contributed by atoms with van der Waals surface area (Å²) in [6, 6.07) is 17.5. The summed E-state index contributed by atoms with van der Waals surface area (Å²) < 4.78 is 5.09. The Bertz CT molecular complexity index is 996. The highest BCUT2D eigenvalue weighted by molar-refractivity contribution is 6.36. The van der Waals surface area contributed by atoms with Crippen LogP contribution in [-0.4, -0.2) is 74.6 Å². The molecule has 2 heterocycles. The van der Waals surface area contributed by atoms with Gasteiger partial charge in [0.2, 0.25) is 0 Å². The highest BCUT2D eigenvalue weighted by Crippen LogP contribution is 2.31. The smallest absolute Gasteiger partial charge is 0.278 e. The maximum Gasteiger partial charge on any atom is 0.278 e. The molecular formula is C26H32N4O3. The standard InChI is InChI=1S/C26H32N4O3/c1-3-28-15-17-29(18-16-28)22-12-10-21(11-13-22)27-24-23(20-8-5-4-6-9-20)25(31)30(26(24)32)14-7-19-33-2/h4-6,8-13,27H,3,7,14-19H2,1-2H3. The van der Waals surface area contributed by atoms with E-state index < -0.39 is 0 Å². The van der Waals surface area contributed by atoms with E-state index in [0.717, 1.165) is 44.0 Å². The van der Waals surface area contributed by atoms with Crippen LogP contribution in [0.25, 0.3) is 5.57 Å². The summed E-state index contributed by atoms with van der Waals surface area (Å²) in [5.74, 6) is -0.565. The molecule has 0 atom stereocenters. The van der Waals surface area contributed by atoms with Crippen molar-refractivity contribution in [2.24, 2.45) is 0 Å². The van der Waals surface area contributed by atoms with E-state index in [0.29, 0.717) is 30.8 Å². The van der Waals surface area contributed by atoms with E-state index in [2.05, 4.69) is 34.2 Å². The maximum atomic E-state index is 13.2. The summed E-state index contributed by atoms with van der Waals surface area (Å²) in [6.07, 6.45) is 0.601. The van der Waals surface area contributed by atoms with Crippen molar-refractivity contribution in [1.29, 1.82) is 0 Å². The van der Waals surface area contributed by atoms with Crippen molar-refractivity contribution in [2.45, 2.75) is 13.3 Å². The molecule has 174 valence electrons. The van der Waals surface area contributed by atoms with Gasteiger partial charge in [-0.15, -0.1) is 0 Å². The summed E-state index contributed by atoms with van der Waals surface area (Å²) in [7, 11) is 1.61. The molecule has 7 nitrogen and oxygen atoms in total. The van der Waals surface area contributed by atoms with Crippen molar-refractivity contribution in [2.75, 3.05) is 63.2 Å². The van der Waals surface area contributed by atoms with E-state index in [4.69, 9.17) is 4.74 Å². The number of nitrogens with zero attached hydrogens (tertiary/aromatic N) is 3. The zero-order valence-corrected chi connectivity index (χ0v) is 19.4. The number of imide groups is 1. The van der Waals surface area contributed by atoms with Gasteiger partial charge in [0.1, 0.15) is 5.70 Å². The van der Waals surface area contributed by atoms with Crippen molar-refractivity contribution >= 4 is 28.8 Å². The fourth-order valence-corrected chi connectivity index (χ4v) is 4.36. The number of hydrogen-bond donors (Lipinski definition) is 1. The first-order valence-corrected chi connectivity index (χ1v) is 11.6. The van der Waals surface area contributed by atoms with Crippen LogP contribution in [0.5, 0.6) is 0 Å². The van der Waals surface area contributed by atoms with Gasteiger partial charge in [-0.1, -0.05) is 37.3 Å². The van der Waals surface area contributed by atoms with Crippen LogP contribution in [0.15, 0.2) is 60.3 Å². The zero-order chi connectivity index (χ0) is 23.2. The molecule has 1 N–H and O–H groups in total. The number of carbonyl (C=O) groups is 2. The predicted octanol–water partition coefficient (Wildman–Crippen LogP) is 3.06. The number of piperazine rings is 1. The molecule has 4 rings (SSSR count). The molecule has 0 spiro atoms. The van der Waals surface area contributed by atoms with E-state index in [1.165, 1.54) is 10.6 Å². The molecule has 2 amide bonds. The van der Waals surface area contributed by atoms with Gasteiger partial charge in [0, 0.05) is 57.8 Å². The number of methoxy groups -OCH3 is 1. The van der Waals surface area contributed by atoms with E-state index in [9.17, 15) is 9.59 Å². The molecule has 2 aliphatic rings. The Morgan fingerprint density at radius 3 is 2.24 bits per heavy atom. The van der Waals surface area contributed by atoms with Gasteiger partial charge in [0.15, 0.2) is 0 Å². The summed E-state index contributed by atoms with van der Waals surface area (Å²) in [6.45, 7) is 8.26. The lowest BCUT2D eigenvalue weighted by Crippen LogP contribution is -2.46. The van der Waals surface area contributed by atoms with Crippen LogP contribution in [0.3, 0.4) is 0 Å². The van der Waals surface area contributed by atoms with Crippen LogP contribution >= 0.6 is 0 Å². The van der Waals surface area contributed by atoms with Gasteiger partial charge in [0.05, 0.1) is 5.57 Å². The van der Waals surface area contributed by atoms with E-state index in [-0.39, 0.29) is 11.8 Å². The predicted molar refractivity (Wildman–Crippen MR) is 131 cm³/mol. The highest BCUT2D eigenvalue weighted by Gasteiger charge is 2.38. The molecular weight excluding hydrogens is 416 g/mol. The first-order chi connectivity index (χ1) is 16.1. The third-order valence-corrected chi connectivity index (χ3v) is 6.28. The second-order valence-corrected chi connectivity index (χ2v) is 8.32. The minimum Gasteiger partial charge on any atom is -0.385 e. The Labute approximate surface area is 195 Å². The van der Waals surface area contributed by atoms with Gasteiger partial charge in [-0.2, -0.15) is 0 Å². The number of benzene rings is 2. The van der Waals surface area contributed by atoms with Crippen LogP contribution in [0.2, 0.25) is 0 Å². The number of ether oxygens (including phenoxy) is 1. The number of nitrogens with one attached hydrogen (secondary N) is 1. The zero-order valence-electron chi connectivity index (χ0n) is 19.4. The van der Waals surface area contributed by atoms with Gasteiger partial charge >= 0.3 is 0 Å². The summed E-state index contributed by atoms with van der Waals surface area (Å²) in [5.41, 5.74) is 3.43.